The standard InChI is InChI=1S/C28H35N3O10/c32-9-7-29-25(34)19-5-2-8-30(19)27(36)28-14-20-21-22(39-16-38-21)24(28)41-31(23(28)26(35)40-20)15-18-4-1-3-17(13-18)6-11-37-12-10-33/h1,3-4,6,11,13,19-24,32-33H,2,5,7-10,12,14-16H2,(H,29,34)/t19-,20-,21+,22+,23+,24-,28+/m1/s1. The van der Waals surface area contributed by atoms with Crippen molar-refractivity contribution < 1.29 is 48.4 Å². The summed E-state index contributed by atoms with van der Waals surface area (Å²) in [6.07, 6.45) is 1.92. The Bertz CT molecular complexity index is 1200. The van der Waals surface area contributed by atoms with Crippen molar-refractivity contribution in [3.05, 3.63) is 41.7 Å². The lowest BCUT2D eigenvalue weighted by Crippen LogP contribution is -2.70. The molecule has 5 fully saturated rings. The number of nitrogens with one attached hydrogen (secondary N) is 1. The minimum absolute atomic E-state index is 0.000812. The van der Waals surface area contributed by atoms with E-state index in [2.05, 4.69) is 5.32 Å². The normalized spacial score (nSPS) is 34.1. The molecule has 13 nitrogen and oxygen atoms in total. The second kappa shape index (κ2) is 11.7. The smallest absolute Gasteiger partial charge is 0.327 e. The van der Waals surface area contributed by atoms with E-state index in [1.165, 1.54) is 11.3 Å². The zero-order chi connectivity index (χ0) is 28.6. The van der Waals surface area contributed by atoms with Crippen LogP contribution in [0.5, 0.6) is 0 Å². The van der Waals surface area contributed by atoms with Gasteiger partial charge in [-0.05, 0) is 30.0 Å². The second-order valence-electron chi connectivity index (χ2n) is 10.9. The second-order valence-corrected chi connectivity index (χ2v) is 10.9. The van der Waals surface area contributed by atoms with E-state index in [1.807, 2.05) is 24.3 Å². The Labute approximate surface area is 236 Å². The fourth-order valence-corrected chi connectivity index (χ4v) is 6.88. The number of hydroxylamine groups is 2. The van der Waals surface area contributed by atoms with Crippen molar-refractivity contribution in [3.63, 3.8) is 0 Å². The van der Waals surface area contributed by atoms with Gasteiger partial charge in [0.1, 0.15) is 49.3 Å². The Hall–Kier alpha value is -3.07. The minimum Gasteiger partial charge on any atom is -0.499 e. The number of esters is 1. The highest BCUT2D eigenvalue weighted by Gasteiger charge is 2.75. The van der Waals surface area contributed by atoms with Crippen molar-refractivity contribution >= 4 is 23.9 Å². The number of nitrogens with zero attached hydrogens (tertiary/aromatic N) is 2. The van der Waals surface area contributed by atoms with Crippen LogP contribution in [0.3, 0.4) is 0 Å². The summed E-state index contributed by atoms with van der Waals surface area (Å²) in [6, 6.07) is 5.81. The number of benzene rings is 1. The summed E-state index contributed by atoms with van der Waals surface area (Å²) in [5.74, 6) is -1.23. The predicted octanol–water partition coefficient (Wildman–Crippen LogP) is -0.693. The third kappa shape index (κ3) is 4.90. The number of aliphatic hydroxyl groups excluding tert-OH is 2. The van der Waals surface area contributed by atoms with Gasteiger partial charge in [-0.2, -0.15) is 5.06 Å². The largest absolute Gasteiger partial charge is 0.499 e. The predicted molar refractivity (Wildman–Crippen MR) is 139 cm³/mol. The zero-order valence-corrected chi connectivity index (χ0v) is 22.6. The first-order valence-corrected chi connectivity index (χ1v) is 14.0. The monoisotopic (exact) mass is 573 g/mol. The molecule has 2 amide bonds. The molecule has 2 bridgehead atoms. The van der Waals surface area contributed by atoms with E-state index >= 15 is 0 Å². The molecule has 0 radical (unpaired) electrons. The van der Waals surface area contributed by atoms with Gasteiger partial charge >= 0.3 is 5.97 Å². The topological polar surface area (TPSA) is 156 Å². The Morgan fingerprint density at radius 3 is 2.88 bits per heavy atom. The molecule has 1 aromatic rings. The van der Waals surface area contributed by atoms with Crippen molar-refractivity contribution in [1.29, 1.82) is 0 Å². The highest BCUT2D eigenvalue weighted by atomic mass is 16.8. The van der Waals surface area contributed by atoms with Crippen molar-refractivity contribution in [2.45, 2.75) is 62.3 Å². The molecule has 4 aliphatic heterocycles. The van der Waals surface area contributed by atoms with E-state index in [9.17, 15) is 14.4 Å². The Kier molecular flexibility index (Phi) is 7.99. The first-order valence-electron chi connectivity index (χ1n) is 14.0. The van der Waals surface area contributed by atoms with Crippen LogP contribution in [0.2, 0.25) is 0 Å². The van der Waals surface area contributed by atoms with E-state index in [4.69, 9.17) is 34.0 Å². The van der Waals surface area contributed by atoms with Gasteiger partial charge < -0.3 is 39.4 Å². The van der Waals surface area contributed by atoms with Gasteiger partial charge in [-0.15, -0.1) is 0 Å². The van der Waals surface area contributed by atoms with Crippen LogP contribution in [0.4, 0.5) is 0 Å². The molecular weight excluding hydrogens is 538 g/mol. The van der Waals surface area contributed by atoms with Crippen LogP contribution in [-0.2, 0) is 44.7 Å². The van der Waals surface area contributed by atoms with Crippen LogP contribution >= 0.6 is 0 Å². The number of carbonyl (C=O) groups is 3. The lowest BCUT2D eigenvalue weighted by molar-refractivity contribution is -0.204. The van der Waals surface area contributed by atoms with E-state index in [0.717, 1.165) is 11.1 Å². The summed E-state index contributed by atoms with van der Waals surface area (Å²) in [7, 11) is 0. The van der Waals surface area contributed by atoms with Gasteiger partial charge in [0.25, 0.3) is 0 Å². The van der Waals surface area contributed by atoms with Crippen molar-refractivity contribution in [2.24, 2.45) is 5.41 Å². The number of amides is 2. The highest BCUT2D eigenvalue weighted by molar-refractivity contribution is 5.96. The van der Waals surface area contributed by atoms with Gasteiger partial charge in [0.15, 0.2) is 6.04 Å². The quantitative estimate of drug-likeness (QED) is 0.185. The lowest BCUT2D eigenvalue weighted by atomic mass is 9.62. The maximum Gasteiger partial charge on any atom is 0.327 e. The fraction of sp³-hybridized carbons (Fsp3) is 0.607. The van der Waals surface area contributed by atoms with Crippen LogP contribution < -0.4 is 5.32 Å². The average molecular weight is 574 g/mol. The summed E-state index contributed by atoms with van der Waals surface area (Å²) >= 11 is 0. The zero-order valence-electron chi connectivity index (χ0n) is 22.6. The number of aliphatic hydroxyl groups is 2. The molecule has 1 aliphatic carbocycles. The van der Waals surface area contributed by atoms with Crippen LogP contribution in [0, 0.1) is 5.41 Å². The average Bonchev–Trinajstić information content (AvgIpc) is 3.72. The van der Waals surface area contributed by atoms with Crippen molar-refractivity contribution in [3.8, 4) is 0 Å². The molecule has 6 rings (SSSR count). The van der Waals surface area contributed by atoms with E-state index < -0.39 is 47.9 Å². The highest BCUT2D eigenvalue weighted by Crippen LogP contribution is 2.56. The van der Waals surface area contributed by atoms with Crippen molar-refractivity contribution in [1.82, 2.24) is 15.3 Å². The summed E-state index contributed by atoms with van der Waals surface area (Å²) in [5, 5.41) is 22.3. The van der Waals surface area contributed by atoms with E-state index in [0.29, 0.717) is 19.4 Å². The van der Waals surface area contributed by atoms with E-state index in [-0.39, 0.29) is 57.9 Å². The molecule has 3 N–H and O–H groups in total. The maximum absolute atomic E-state index is 14.6. The summed E-state index contributed by atoms with van der Waals surface area (Å²) < 4.78 is 22.8. The third-order valence-electron chi connectivity index (χ3n) is 8.55. The molecule has 4 heterocycles. The molecule has 0 unspecified atom stereocenters. The van der Waals surface area contributed by atoms with Gasteiger partial charge in [0.05, 0.1) is 26.0 Å². The molecule has 1 saturated carbocycles. The Morgan fingerprint density at radius 1 is 1.20 bits per heavy atom. The minimum atomic E-state index is -1.33. The van der Waals surface area contributed by atoms with Crippen LogP contribution in [0.1, 0.15) is 30.4 Å². The number of likely N-dealkylation sites (tertiary alicyclic amines) is 1. The van der Waals surface area contributed by atoms with E-state index in [1.54, 1.807) is 11.0 Å². The molecule has 41 heavy (non-hydrogen) atoms. The first kappa shape index (κ1) is 28.1. The lowest BCUT2D eigenvalue weighted by Gasteiger charge is -2.50. The molecule has 7 atom stereocenters. The summed E-state index contributed by atoms with van der Waals surface area (Å²) in [6.45, 7) is 0.553. The van der Waals surface area contributed by atoms with Crippen LogP contribution in [-0.4, -0.2) is 114 Å². The SMILES string of the molecule is O=C(NCCO)[C@H]1CCCN1C(=O)[C@@]12C[C@H]3OC(=O)[C@@H]1N(Cc1cccc(C=COCCO)c1)O[C@@H]2[C@H]1OCO[C@H]13. The number of ether oxygens (including phenoxy) is 4. The number of carbonyl (C=O) groups excluding carboxylic acids is 3. The first-order chi connectivity index (χ1) is 20.0. The number of fused-ring (bicyclic) bond motifs is 4. The molecule has 4 saturated heterocycles. The third-order valence-corrected chi connectivity index (χ3v) is 8.55. The molecule has 222 valence electrons. The van der Waals surface area contributed by atoms with Crippen LogP contribution in [0.25, 0.3) is 6.08 Å². The number of hydrogen-bond acceptors (Lipinski definition) is 11. The molecule has 5 aliphatic rings. The number of rotatable bonds is 10. The van der Waals surface area contributed by atoms with Gasteiger partial charge in [-0.3, -0.25) is 19.2 Å². The van der Waals surface area contributed by atoms with Gasteiger partial charge in [-0.1, -0.05) is 24.3 Å². The molecule has 1 aromatic carbocycles. The number of hydrogen-bond donors (Lipinski definition) is 3. The molecule has 0 aromatic heterocycles. The maximum atomic E-state index is 14.6. The summed E-state index contributed by atoms with van der Waals surface area (Å²) in [4.78, 5) is 49.2. The Morgan fingerprint density at radius 2 is 2.05 bits per heavy atom. The van der Waals surface area contributed by atoms with Gasteiger partial charge in [0, 0.05) is 19.5 Å². The Balaban J connectivity index is 1.31. The molecule has 0 spiro atoms. The van der Waals surface area contributed by atoms with Crippen LogP contribution in [0.15, 0.2) is 30.5 Å². The molecular formula is C28H35N3O10. The molecule has 13 heteroatoms. The fourth-order valence-electron chi connectivity index (χ4n) is 6.88. The van der Waals surface area contributed by atoms with Crippen molar-refractivity contribution in [2.75, 3.05) is 39.7 Å². The van der Waals surface area contributed by atoms with Gasteiger partial charge in [0.2, 0.25) is 11.8 Å². The summed E-state index contributed by atoms with van der Waals surface area (Å²) in [5.41, 5.74) is 0.341. The van der Waals surface area contributed by atoms with Gasteiger partial charge in [-0.25, -0.2) is 0 Å².